The molecule has 1 aliphatic heterocycles. The van der Waals surface area contributed by atoms with Crippen molar-refractivity contribution in [2.75, 3.05) is 31.1 Å². The number of thiazole rings is 1. The molecule has 0 radical (unpaired) electrons. The lowest BCUT2D eigenvalue weighted by Crippen LogP contribution is -2.49. The number of hydrogen-bond acceptors (Lipinski definition) is 5. The summed E-state index contributed by atoms with van der Waals surface area (Å²) in [6.07, 6.45) is 0. The van der Waals surface area contributed by atoms with E-state index in [9.17, 15) is 17.2 Å². The zero-order valence-corrected chi connectivity index (χ0v) is 17.4. The molecule has 0 spiro atoms. The van der Waals surface area contributed by atoms with Gasteiger partial charge < -0.3 is 4.90 Å². The molecular weight excluding hydrogens is 440 g/mol. The summed E-state index contributed by atoms with van der Waals surface area (Å²) in [5.74, 6) is -2.17. The Morgan fingerprint density at radius 2 is 1.59 bits per heavy atom. The molecule has 0 saturated carbocycles. The maximum atomic E-state index is 14.0. The van der Waals surface area contributed by atoms with E-state index in [0.717, 1.165) is 38.9 Å². The van der Waals surface area contributed by atoms with E-state index < -0.39 is 26.6 Å². The quantitative estimate of drug-likeness (QED) is 0.590. The van der Waals surface area contributed by atoms with Crippen LogP contribution in [-0.2, 0) is 10.0 Å². The maximum Gasteiger partial charge on any atom is 0.249 e. The summed E-state index contributed by atoms with van der Waals surface area (Å²) in [5, 5.41) is 3.34. The Hall–Kier alpha value is -2.07. The molecule has 5 nitrogen and oxygen atoms in total. The van der Waals surface area contributed by atoms with Crippen molar-refractivity contribution in [3.63, 3.8) is 0 Å². The third-order valence-electron chi connectivity index (χ3n) is 4.66. The molecule has 1 aromatic heterocycles. The highest BCUT2D eigenvalue weighted by Crippen LogP contribution is 2.30. The molecule has 152 valence electrons. The molecular formula is C19H16ClF2N3O2S2. The molecule has 1 fully saturated rings. The molecule has 0 amide bonds. The van der Waals surface area contributed by atoms with Gasteiger partial charge in [0.1, 0.15) is 11.6 Å². The number of nitrogens with zero attached hydrogens (tertiary/aromatic N) is 3. The van der Waals surface area contributed by atoms with Crippen LogP contribution < -0.4 is 4.90 Å². The summed E-state index contributed by atoms with van der Waals surface area (Å²) < 4.78 is 54.4. The van der Waals surface area contributed by atoms with Gasteiger partial charge in [0, 0.05) is 42.1 Å². The summed E-state index contributed by atoms with van der Waals surface area (Å²) in [6.45, 7) is 0.990. The van der Waals surface area contributed by atoms with Gasteiger partial charge >= 0.3 is 0 Å². The van der Waals surface area contributed by atoms with E-state index in [4.69, 9.17) is 11.6 Å². The number of rotatable bonds is 4. The number of halogens is 3. The first-order valence-electron chi connectivity index (χ1n) is 8.77. The minimum absolute atomic E-state index is 0.117. The highest BCUT2D eigenvalue weighted by Gasteiger charge is 2.33. The van der Waals surface area contributed by atoms with Crippen LogP contribution in [0.15, 0.2) is 52.7 Å². The smallest absolute Gasteiger partial charge is 0.249 e. The van der Waals surface area contributed by atoms with Crippen molar-refractivity contribution in [1.29, 1.82) is 0 Å². The van der Waals surface area contributed by atoms with Crippen LogP contribution in [0.3, 0.4) is 0 Å². The molecule has 0 N–H and O–H groups in total. The van der Waals surface area contributed by atoms with Crippen LogP contribution >= 0.6 is 22.9 Å². The molecule has 1 aliphatic rings. The standard InChI is InChI=1S/C19H16ClF2N3O2S2/c20-14-6-4-13(5-7-14)17-12-28-19(23-17)24-8-10-25(11-9-24)29(26,27)18-15(21)2-1-3-16(18)22/h1-7,12H,8-11H2. The Kier molecular flexibility index (Phi) is 5.56. The van der Waals surface area contributed by atoms with Gasteiger partial charge in [-0.15, -0.1) is 11.3 Å². The van der Waals surface area contributed by atoms with E-state index in [0.29, 0.717) is 18.1 Å². The van der Waals surface area contributed by atoms with Gasteiger partial charge in [0.25, 0.3) is 0 Å². The number of sulfonamides is 1. The first-order chi connectivity index (χ1) is 13.9. The maximum absolute atomic E-state index is 14.0. The second kappa shape index (κ2) is 7.98. The van der Waals surface area contributed by atoms with E-state index in [2.05, 4.69) is 4.98 Å². The van der Waals surface area contributed by atoms with Crippen LogP contribution in [0.5, 0.6) is 0 Å². The largest absolute Gasteiger partial charge is 0.345 e. The van der Waals surface area contributed by atoms with Crippen molar-refractivity contribution in [2.45, 2.75) is 4.90 Å². The summed E-state index contributed by atoms with van der Waals surface area (Å²) in [5.41, 5.74) is 1.75. The lowest BCUT2D eigenvalue weighted by atomic mass is 10.2. The van der Waals surface area contributed by atoms with Crippen LogP contribution in [0, 0.1) is 11.6 Å². The van der Waals surface area contributed by atoms with Gasteiger partial charge in [0.05, 0.1) is 5.69 Å². The summed E-state index contributed by atoms with van der Waals surface area (Å²) >= 11 is 7.37. The van der Waals surface area contributed by atoms with Crippen LogP contribution in [-0.4, -0.2) is 43.9 Å². The van der Waals surface area contributed by atoms with Gasteiger partial charge in [0.15, 0.2) is 10.0 Å². The van der Waals surface area contributed by atoms with Crippen LogP contribution in [0.1, 0.15) is 0 Å². The second-order valence-corrected chi connectivity index (χ2v) is 9.61. The van der Waals surface area contributed by atoms with Crippen molar-refractivity contribution in [3.8, 4) is 11.3 Å². The molecule has 0 aliphatic carbocycles. The Labute approximate surface area is 176 Å². The lowest BCUT2D eigenvalue weighted by molar-refractivity contribution is 0.378. The second-order valence-electron chi connectivity index (χ2n) is 6.46. The molecule has 4 rings (SSSR count). The zero-order chi connectivity index (χ0) is 20.6. The predicted molar refractivity (Wildman–Crippen MR) is 110 cm³/mol. The molecule has 1 saturated heterocycles. The molecule has 10 heteroatoms. The zero-order valence-electron chi connectivity index (χ0n) is 15.1. The fraction of sp³-hybridized carbons (Fsp3) is 0.211. The minimum atomic E-state index is -4.24. The number of benzene rings is 2. The molecule has 0 unspecified atom stereocenters. The van der Waals surface area contributed by atoms with E-state index in [1.165, 1.54) is 11.3 Å². The van der Waals surface area contributed by atoms with Crippen LogP contribution in [0.25, 0.3) is 11.3 Å². The van der Waals surface area contributed by atoms with Gasteiger partial charge in [-0.2, -0.15) is 4.31 Å². The molecule has 0 atom stereocenters. The normalized spacial score (nSPS) is 15.6. The number of piperazine rings is 1. The van der Waals surface area contributed by atoms with Crippen LogP contribution in [0.2, 0.25) is 5.02 Å². The lowest BCUT2D eigenvalue weighted by Gasteiger charge is -2.33. The minimum Gasteiger partial charge on any atom is -0.345 e. The number of aromatic nitrogens is 1. The fourth-order valence-electron chi connectivity index (χ4n) is 3.14. The van der Waals surface area contributed by atoms with Gasteiger partial charge in [-0.25, -0.2) is 22.2 Å². The first kappa shape index (κ1) is 20.2. The fourth-order valence-corrected chi connectivity index (χ4v) is 5.69. The van der Waals surface area contributed by atoms with E-state index >= 15 is 0 Å². The molecule has 2 heterocycles. The SMILES string of the molecule is O=S(=O)(c1c(F)cccc1F)N1CCN(c2nc(-c3ccc(Cl)cc3)cs2)CC1. The van der Waals surface area contributed by atoms with Crippen molar-refractivity contribution < 1.29 is 17.2 Å². The monoisotopic (exact) mass is 455 g/mol. The van der Waals surface area contributed by atoms with Crippen LogP contribution in [0.4, 0.5) is 13.9 Å². The molecule has 0 bridgehead atoms. The molecule has 3 aromatic rings. The summed E-state index contributed by atoms with van der Waals surface area (Å²) in [7, 11) is -4.24. The summed E-state index contributed by atoms with van der Waals surface area (Å²) in [4.78, 5) is 5.69. The predicted octanol–water partition coefficient (Wildman–Crippen LogP) is 4.25. The Morgan fingerprint density at radius 1 is 0.966 bits per heavy atom. The number of anilines is 1. The van der Waals surface area contributed by atoms with E-state index in [1.54, 1.807) is 12.1 Å². The Morgan fingerprint density at radius 3 is 2.21 bits per heavy atom. The number of hydrogen-bond donors (Lipinski definition) is 0. The van der Waals surface area contributed by atoms with Gasteiger partial charge in [-0.05, 0) is 24.3 Å². The Bertz CT molecular complexity index is 1110. The topological polar surface area (TPSA) is 53.5 Å². The highest BCUT2D eigenvalue weighted by molar-refractivity contribution is 7.89. The highest BCUT2D eigenvalue weighted by atomic mass is 35.5. The van der Waals surface area contributed by atoms with Crippen molar-refractivity contribution >= 4 is 38.1 Å². The average molecular weight is 456 g/mol. The van der Waals surface area contributed by atoms with Gasteiger partial charge in [-0.3, -0.25) is 0 Å². The van der Waals surface area contributed by atoms with Crippen molar-refractivity contribution in [2.24, 2.45) is 0 Å². The van der Waals surface area contributed by atoms with Gasteiger partial charge in [0.2, 0.25) is 10.0 Å². The van der Waals surface area contributed by atoms with E-state index in [-0.39, 0.29) is 13.1 Å². The molecule has 2 aromatic carbocycles. The third-order valence-corrected chi connectivity index (χ3v) is 7.76. The Balaban J connectivity index is 1.48. The first-order valence-corrected chi connectivity index (χ1v) is 11.5. The average Bonchev–Trinajstić information content (AvgIpc) is 3.18. The third kappa shape index (κ3) is 4.00. The van der Waals surface area contributed by atoms with E-state index in [1.807, 2.05) is 22.4 Å². The van der Waals surface area contributed by atoms with Crippen molar-refractivity contribution in [1.82, 2.24) is 9.29 Å². The molecule has 29 heavy (non-hydrogen) atoms. The van der Waals surface area contributed by atoms with Crippen molar-refractivity contribution in [3.05, 3.63) is 64.5 Å². The van der Waals surface area contributed by atoms with Gasteiger partial charge in [-0.1, -0.05) is 29.8 Å². The summed E-state index contributed by atoms with van der Waals surface area (Å²) in [6, 6.07) is 10.4.